The van der Waals surface area contributed by atoms with Crippen molar-refractivity contribution >= 4 is 11.9 Å². The molecule has 11 atom stereocenters. The van der Waals surface area contributed by atoms with Crippen molar-refractivity contribution in [3.8, 4) is 0 Å². The lowest BCUT2D eigenvalue weighted by Crippen LogP contribution is -2.61. The maximum absolute atomic E-state index is 13.1. The van der Waals surface area contributed by atoms with Crippen molar-refractivity contribution in [1.29, 1.82) is 0 Å². The van der Waals surface area contributed by atoms with E-state index in [2.05, 4.69) is 26.0 Å². The number of allylic oxidation sites excluding steroid dienone is 8. The van der Waals surface area contributed by atoms with Gasteiger partial charge in [-0.25, -0.2) is 0 Å². The molecule has 430 valence electrons. The van der Waals surface area contributed by atoms with Crippen LogP contribution in [-0.2, 0) is 38.0 Å². The normalized spacial score (nSPS) is 25.0. The molecule has 7 N–H and O–H groups in total. The summed E-state index contributed by atoms with van der Waals surface area (Å²) in [6.07, 6.45) is 35.7. The molecular weight excluding hydrogens is 949 g/mol. The summed E-state index contributed by atoms with van der Waals surface area (Å²) in [4.78, 5) is 25.9. The molecule has 2 fully saturated rings. The number of carbonyl (C=O) groups is 2. The number of rotatable bonds is 46. The Labute approximate surface area is 446 Å². The van der Waals surface area contributed by atoms with Gasteiger partial charge in [0.1, 0.15) is 55.4 Å². The first-order chi connectivity index (χ1) is 36.0. The second-order valence-corrected chi connectivity index (χ2v) is 20.5. The van der Waals surface area contributed by atoms with Crippen LogP contribution in [0.15, 0.2) is 48.6 Å². The highest BCUT2D eigenvalue weighted by molar-refractivity contribution is 5.70. The van der Waals surface area contributed by atoms with Gasteiger partial charge in [-0.3, -0.25) is 9.59 Å². The van der Waals surface area contributed by atoms with Crippen LogP contribution >= 0.6 is 0 Å². The summed E-state index contributed by atoms with van der Waals surface area (Å²) in [6, 6.07) is 0. The van der Waals surface area contributed by atoms with Gasteiger partial charge in [0.2, 0.25) is 0 Å². The Hall–Kier alpha value is -2.54. The van der Waals surface area contributed by atoms with Crippen LogP contribution in [0, 0.1) is 0 Å². The second-order valence-electron chi connectivity index (χ2n) is 20.5. The predicted molar refractivity (Wildman–Crippen MR) is 289 cm³/mol. The maximum Gasteiger partial charge on any atom is 0.306 e. The number of hydrogen-bond acceptors (Lipinski definition) is 15. The van der Waals surface area contributed by atoms with Crippen LogP contribution in [-0.4, -0.2) is 142 Å². The van der Waals surface area contributed by atoms with Crippen molar-refractivity contribution in [2.24, 2.45) is 0 Å². The van der Waals surface area contributed by atoms with Gasteiger partial charge in [-0.05, 0) is 32.1 Å². The summed E-state index contributed by atoms with van der Waals surface area (Å²) in [5.74, 6) is -0.945. The van der Waals surface area contributed by atoms with Gasteiger partial charge < -0.3 is 64.2 Å². The lowest BCUT2D eigenvalue weighted by molar-refractivity contribution is -0.332. The second kappa shape index (κ2) is 45.5. The molecule has 74 heavy (non-hydrogen) atoms. The predicted octanol–water partition coefficient (Wildman–Crippen LogP) is 9.83. The van der Waals surface area contributed by atoms with Crippen LogP contribution in [0.2, 0.25) is 0 Å². The lowest BCUT2D eigenvalue weighted by atomic mass is 9.98. The number of ether oxygens (including phenoxy) is 6. The van der Waals surface area contributed by atoms with E-state index in [0.29, 0.717) is 12.8 Å². The van der Waals surface area contributed by atoms with Crippen LogP contribution in [0.5, 0.6) is 0 Å². The van der Waals surface area contributed by atoms with E-state index >= 15 is 0 Å². The molecule has 0 saturated carbocycles. The third kappa shape index (κ3) is 32.3. The zero-order valence-corrected chi connectivity index (χ0v) is 45.8. The minimum absolute atomic E-state index is 0.162. The summed E-state index contributed by atoms with van der Waals surface area (Å²) in [5, 5.41) is 72.3. The van der Waals surface area contributed by atoms with E-state index in [1.807, 2.05) is 36.5 Å². The van der Waals surface area contributed by atoms with Gasteiger partial charge in [-0.1, -0.05) is 223 Å². The lowest BCUT2D eigenvalue weighted by Gasteiger charge is -2.42. The summed E-state index contributed by atoms with van der Waals surface area (Å²) in [5.41, 5.74) is 0. The number of aliphatic hydroxyl groups excluding tert-OH is 7. The Morgan fingerprint density at radius 1 is 0.446 bits per heavy atom. The fourth-order valence-electron chi connectivity index (χ4n) is 9.17. The minimum atomic E-state index is -1.77. The van der Waals surface area contributed by atoms with Crippen molar-refractivity contribution in [2.75, 3.05) is 26.4 Å². The molecule has 0 aromatic heterocycles. The Morgan fingerprint density at radius 3 is 1.34 bits per heavy atom. The molecule has 0 spiro atoms. The van der Waals surface area contributed by atoms with Gasteiger partial charge in [0, 0.05) is 12.8 Å². The molecule has 0 aromatic carbocycles. The van der Waals surface area contributed by atoms with Crippen LogP contribution in [0.25, 0.3) is 0 Å². The van der Waals surface area contributed by atoms with E-state index in [9.17, 15) is 45.3 Å². The van der Waals surface area contributed by atoms with Crippen LogP contribution < -0.4 is 0 Å². The molecule has 2 heterocycles. The molecule has 2 aliphatic heterocycles. The Morgan fingerprint density at radius 2 is 0.851 bits per heavy atom. The largest absolute Gasteiger partial charge is 0.462 e. The van der Waals surface area contributed by atoms with Crippen LogP contribution in [0.1, 0.15) is 219 Å². The Bertz CT molecular complexity index is 1470. The summed E-state index contributed by atoms with van der Waals surface area (Å²) in [7, 11) is 0. The molecule has 0 aromatic rings. The van der Waals surface area contributed by atoms with Crippen molar-refractivity contribution in [1.82, 2.24) is 0 Å². The molecule has 0 bridgehead atoms. The highest BCUT2D eigenvalue weighted by atomic mass is 16.7. The first kappa shape index (κ1) is 67.6. The molecule has 2 rings (SSSR count). The van der Waals surface area contributed by atoms with E-state index < -0.39 is 92.7 Å². The molecule has 0 aliphatic carbocycles. The Balaban J connectivity index is 1.73. The summed E-state index contributed by atoms with van der Waals surface area (Å²) >= 11 is 0. The average Bonchev–Trinajstić information content (AvgIpc) is 3.39. The quantitative estimate of drug-likeness (QED) is 0.0171. The molecule has 2 aliphatic rings. The molecule has 15 heteroatoms. The van der Waals surface area contributed by atoms with Crippen molar-refractivity contribution in [2.45, 2.75) is 287 Å². The van der Waals surface area contributed by atoms with Crippen LogP contribution in [0.4, 0.5) is 0 Å². The third-order valence-corrected chi connectivity index (χ3v) is 13.9. The number of aliphatic hydroxyl groups is 7. The number of carbonyl (C=O) groups excluding carboxylic acids is 2. The van der Waals surface area contributed by atoms with Gasteiger partial charge >= 0.3 is 11.9 Å². The highest BCUT2D eigenvalue weighted by Crippen LogP contribution is 2.27. The van der Waals surface area contributed by atoms with E-state index in [4.69, 9.17) is 28.4 Å². The maximum atomic E-state index is 13.1. The van der Waals surface area contributed by atoms with Gasteiger partial charge in [0.15, 0.2) is 18.7 Å². The Kier molecular flexibility index (Phi) is 41.5. The average molecular weight is 1050 g/mol. The molecule has 2 saturated heterocycles. The number of unbranched alkanes of at least 4 members (excludes halogenated alkanes) is 27. The van der Waals surface area contributed by atoms with Crippen molar-refractivity contribution in [3.05, 3.63) is 48.6 Å². The molecule has 15 nitrogen and oxygen atoms in total. The van der Waals surface area contributed by atoms with Crippen molar-refractivity contribution < 1.29 is 73.8 Å². The minimum Gasteiger partial charge on any atom is -0.462 e. The first-order valence-corrected chi connectivity index (χ1v) is 29.3. The molecular formula is C59H104O15. The highest BCUT2D eigenvalue weighted by Gasteiger charge is 2.47. The fourth-order valence-corrected chi connectivity index (χ4v) is 9.17. The van der Waals surface area contributed by atoms with E-state index in [0.717, 1.165) is 57.8 Å². The number of esters is 2. The summed E-state index contributed by atoms with van der Waals surface area (Å²) in [6.45, 7) is 2.46. The van der Waals surface area contributed by atoms with E-state index in [1.165, 1.54) is 122 Å². The van der Waals surface area contributed by atoms with E-state index in [-0.39, 0.29) is 26.1 Å². The fraction of sp³-hybridized carbons (Fsp3) is 0.831. The summed E-state index contributed by atoms with van der Waals surface area (Å²) < 4.78 is 33.7. The standard InChI is InChI=1S/C59H104O15/c1-3-5-7-9-11-13-15-17-19-20-21-22-23-24-25-26-28-30-32-34-36-38-40-42-51(62)72-47(44-69-50(61)41-39-37-35-33-31-29-27-18-16-14-12-10-8-6-4-2)45-70-58-57(68)55(66)53(64)49(74-58)46-71-59-56(67)54(65)52(63)48(43-60)73-59/h6,8,10,12,14,16,18,27,47-49,52-60,63-68H,3-5,7,9,11,13,15,17,19-26,28-46H2,1-2H3/b8-6+,12-10+,16-14+,27-18+/t47-,48+,49+,52-,53-,54?,55?,56?,57?,58+,59+/m1/s1. The smallest absolute Gasteiger partial charge is 0.306 e. The monoisotopic (exact) mass is 1050 g/mol. The topological polar surface area (TPSA) is 231 Å². The zero-order chi connectivity index (χ0) is 53.9. The molecule has 0 radical (unpaired) electrons. The third-order valence-electron chi connectivity index (χ3n) is 13.9. The molecule has 0 amide bonds. The van der Waals surface area contributed by atoms with Gasteiger partial charge in [-0.15, -0.1) is 0 Å². The zero-order valence-electron chi connectivity index (χ0n) is 45.8. The van der Waals surface area contributed by atoms with Gasteiger partial charge in [0.25, 0.3) is 0 Å². The van der Waals surface area contributed by atoms with Crippen LogP contribution in [0.3, 0.4) is 0 Å². The number of hydrogen-bond donors (Lipinski definition) is 7. The SMILES string of the molecule is CC/C=C/C=C/C=C/C=C/CCCCCCCC(=O)OC[C@H](CO[C@H]1O[C@@H](CO[C@H]2O[C@@H](CO)[C@@H](O)C(O)C2O)[C@@H](O)C(O)C1O)OC(=O)CCCCCCCCCCCCCCCCCCCCCCCCC. The van der Waals surface area contributed by atoms with Gasteiger partial charge in [0.05, 0.1) is 19.8 Å². The first-order valence-electron chi connectivity index (χ1n) is 29.3. The van der Waals surface area contributed by atoms with Crippen molar-refractivity contribution in [3.63, 3.8) is 0 Å². The van der Waals surface area contributed by atoms with E-state index in [1.54, 1.807) is 0 Å². The molecule has 4 unspecified atom stereocenters. The van der Waals surface area contributed by atoms with Gasteiger partial charge in [-0.2, -0.15) is 0 Å².